The zero-order chi connectivity index (χ0) is 27.8. The molecule has 1 atom stereocenters. The molecule has 1 saturated heterocycles. The smallest absolute Gasteiger partial charge is 0.259 e. The highest BCUT2D eigenvalue weighted by Gasteiger charge is 2.24. The number of piperazine rings is 1. The number of ether oxygens (including phenoxy) is 1. The number of amides is 1. The quantitative estimate of drug-likeness (QED) is 0.400. The van der Waals surface area contributed by atoms with Crippen molar-refractivity contribution in [3.05, 3.63) is 82.8 Å². The number of aromatic nitrogens is 1. The standard InChI is InChI=1S/C31H37N5O3/c1-23(2)21-29(30(37)33-15-14-32)36-16-4-5-28(31(36)38)25-8-10-26(11-9-25)35-19-17-34(18-20-35)22-24-6-12-27(39-3)13-7-24/h4-13,16,23,29H,15,17-22H2,1-3H3,(H,33,37). The Balaban J connectivity index is 1.43. The zero-order valence-electron chi connectivity index (χ0n) is 23.0. The van der Waals surface area contributed by atoms with Crippen LogP contribution in [-0.2, 0) is 11.3 Å². The molecule has 3 aromatic rings. The number of nitrogens with one attached hydrogen (secondary N) is 1. The lowest BCUT2D eigenvalue weighted by Gasteiger charge is -2.36. The third-order valence-electron chi connectivity index (χ3n) is 7.13. The summed E-state index contributed by atoms with van der Waals surface area (Å²) in [5.74, 6) is 0.762. The van der Waals surface area contributed by atoms with Gasteiger partial charge in [0.2, 0.25) is 5.91 Å². The van der Waals surface area contributed by atoms with Gasteiger partial charge in [-0.05, 0) is 59.9 Å². The Morgan fingerprint density at radius 3 is 2.33 bits per heavy atom. The first-order valence-corrected chi connectivity index (χ1v) is 13.5. The van der Waals surface area contributed by atoms with Crippen LogP contribution in [0.5, 0.6) is 5.75 Å². The van der Waals surface area contributed by atoms with Gasteiger partial charge < -0.3 is 19.5 Å². The fourth-order valence-corrected chi connectivity index (χ4v) is 5.02. The monoisotopic (exact) mass is 527 g/mol. The minimum atomic E-state index is -0.667. The number of nitrogens with zero attached hydrogens (tertiary/aromatic N) is 4. The van der Waals surface area contributed by atoms with Crippen LogP contribution in [-0.4, -0.2) is 55.2 Å². The largest absolute Gasteiger partial charge is 0.497 e. The summed E-state index contributed by atoms with van der Waals surface area (Å²) >= 11 is 0. The maximum atomic E-state index is 13.5. The first kappa shape index (κ1) is 27.9. The van der Waals surface area contributed by atoms with E-state index in [2.05, 4.69) is 39.4 Å². The molecule has 8 nitrogen and oxygen atoms in total. The van der Waals surface area contributed by atoms with Gasteiger partial charge in [0.05, 0.1) is 13.2 Å². The number of pyridine rings is 1. The van der Waals surface area contributed by atoms with Crippen LogP contribution in [0.15, 0.2) is 71.7 Å². The molecule has 1 aromatic heterocycles. The van der Waals surface area contributed by atoms with Gasteiger partial charge in [-0.15, -0.1) is 0 Å². The summed E-state index contributed by atoms with van der Waals surface area (Å²) in [5, 5.41) is 11.5. The Bertz CT molecular complexity index is 1330. The highest BCUT2D eigenvalue weighted by atomic mass is 16.5. The Morgan fingerprint density at radius 1 is 1.03 bits per heavy atom. The highest BCUT2D eigenvalue weighted by molar-refractivity contribution is 5.80. The summed E-state index contributed by atoms with van der Waals surface area (Å²) < 4.78 is 6.75. The van der Waals surface area contributed by atoms with Crippen molar-refractivity contribution < 1.29 is 9.53 Å². The van der Waals surface area contributed by atoms with Crippen molar-refractivity contribution in [3.63, 3.8) is 0 Å². The minimum Gasteiger partial charge on any atom is -0.497 e. The second kappa shape index (κ2) is 13.1. The van der Waals surface area contributed by atoms with E-state index < -0.39 is 6.04 Å². The third kappa shape index (κ3) is 7.06. The predicted octanol–water partition coefficient (Wildman–Crippen LogP) is 4.07. The fourth-order valence-electron chi connectivity index (χ4n) is 5.02. The number of anilines is 1. The highest BCUT2D eigenvalue weighted by Crippen LogP contribution is 2.24. The van der Waals surface area contributed by atoms with Gasteiger partial charge in [0, 0.05) is 50.2 Å². The van der Waals surface area contributed by atoms with Gasteiger partial charge in [-0.3, -0.25) is 14.5 Å². The SMILES string of the molecule is COc1ccc(CN2CCN(c3ccc(-c4cccn(C(CC(C)C)C(=O)NCC#N)c4=O)cc3)CC2)cc1. The van der Waals surface area contributed by atoms with E-state index in [0.717, 1.165) is 49.7 Å². The lowest BCUT2D eigenvalue weighted by molar-refractivity contribution is -0.124. The van der Waals surface area contributed by atoms with Crippen LogP contribution >= 0.6 is 0 Å². The predicted molar refractivity (Wildman–Crippen MR) is 154 cm³/mol. The molecule has 1 fully saturated rings. The second-order valence-corrected chi connectivity index (χ2v) is 10.3. The molecule has 1 N–H and O–H groups in total. The topological polar surface area (TPSA) is 90.6 Å². The maximum Gasteiger partial charge on any atom is 0.259 e. The molecule has 1 aliphatic heterocycles. The third-order valence-corrected chi connectivity index (χ3v) is 7.13. The molecule has 39 heavy (non-hydrogen) atoms. The lowest BCUT2D eigenvalue weighted by atomic mass is 10.0. The molecule has 4 rings (SSSR count). The molecular weight excluding hydrogens is 490 g/mol. The van der Waals surface area contributed by atoms with Crippen molar-refractivity contribution >= 4 is 11.6 Å². The van der Waals surface area contributed by atoms with Gasteiger partial charge in [0.1, 0.15) is 18.3 Å². The van der Waals surface area contributed by atoms with Crippen molar-refractivity contribution in [3.8, 4) is 22.9 Å². The van der Waals surface area contributed by atoms with E-state index in [0.29, 0.717) is 12.0 Å². The van der Waals surface area contributed by atoms with Crippen LogP contribution in [0.1, 0.15) is 31.9 Å². The molecule has 204 valence electrons. The Labute approximate surface area is 230 Å². The molecule has 0 radical (unpaired) electrons. The number of hydrogen-bond donors (Lipinski definition) is 1. The van der Waals surface area contributed by atoms with Crippen LogP contribution in [0.4, 0.5) is 5.69 Å². The van der Waals surface area contributed by atoms with Crippen LogP contribution in [0, 0.1) is 17.2 Å². The molecule has 2 aromatic carbocycles. The number of hydrogen-bond acceptors (Lipinski definition) is 6. The van der Waals surface area contributed by atoms with Gasteiger partial charge in [-0.1, -0.05) is 38.1 Å². The molecule has 2 heterocycles. The lowest BCUT2D eigenvalue weighted by Crippen LogP contribution is -2.45. The molecule has 1 aliphatic rings. The van der Waals surface area contributed by atoms with E-state index in [1.54, 1.807) is 25.4 Å². The van der Waals surface area contributed by atoms with Crippen molar-refractivity contribution in [1.82, 2.24) is 14.8 Å². The number of nitriles is 1. The summed E-state index contributed by atoms with van der Waals surface area (Å²) in [5.41, 5.74) is 3.57. The number of methoxy groups -OCH3 is 1. The minimum absolute atomic E-state index is 0.0843. The molecule has 1 unspecified atom stereocenters. The van der Waals surface area contributed by atoms with Crippen molar-refractivity contribution in [1.29, 1.82) is 5.26 Å². The summed E-state index contributed by atoms with van der Waals surface area (Å²) in [7, 11) is 1.68. The second-order valence-electron chi connectivity index (χ2n) is 10.3. The van der Waals surface area contributed by atoms with Gasteiger partial charge in [0.25, 0.3) is 5.56 Å². The van der Waals surface area contributed by atoms with Crippen LogP contribution in [0.3, 0.4) is 0 Å². The average Bonchev–Trinajstić information content (AvgIpc) is 2.96. The van der Waals surface area contributed by atoms with Crippen LogP contribution in [0.2, 0.25) is 0 Å². The molecule has 0 spiro atoms. The average molecular weight is 528 g/mol. The number of carbonyl (C=O) groups excluding carboxylic acids is 1. The fraction of sp³-hybridized carbons (Fsp3) is 0.387. The van der Waals surface area contributed by atoms with E-state index in [-0.39, 0.29) is 23.9 Å². The molecular formula is C31H37N5O3. The molecule has 1 amide bonds. The van der Waals surface area contributed by atoms with Gasteiger partial charge in [-0.25, -0.2) is 0 Å². The van der Waals surface area contributed by atoms with Crippen LogP contribution in [0.25, 0.3) is 11.1 Å². The molecule has 8 heteroatoms. The molecule has 0 saturated carbocycles. The maximum absolute atomic E-state index is 13.5. The first-order chi connectivity index (χ1) is 18.9. The van der Waals surface area contributed by atoms with Gasteiger partial charge >= 0.3 is 0 Å². The number of rotatable bonds is 10. The van der Waals surface area contributed by atoms with E-state index in [9.17, 15) is 9.59 Å². The van der Waals surface area contributed by atoms with Crippen LogP contribution < -0.4 is 20.5 Å². The van der Waals surface area contributed by atoms with E-state index >= 15 is 0 Å². The normalized spacial score (nSPS) is 14.6. The van der Waals surface area contributed by atoms with E-state index in [1.165, 1.54) is 10.1 Å². The molecule has 0 aliphatic carbocycles. The van der Waals surface area contributed by atoms with Gasteiger partial charge in [0.15, 0.2) is 0 Å². The van der Waals surface area contributed by atoms with Crippen molar-refractivity contribution in [2.24, 2.45) is 5.92 Å². The summed E-state index contributed by atoms with van der Waals surface area (Å²) in [6.45, 7) is 8.67. The van der Waals surface area contributed by atoms with Gasteiger partial charge in [-0.2, -0.15) is 5.26 Å². The summed E-state index contributed by atoms with van der Waals surface area (Å²) in [6, 6.07) is 21.2. The van der Waals surface area contributed by atoms with Crippen molar-refractivity contribution in [2.45, 2.75) is 32.9 Å². The van der Waals surface area contributed by atoms with E-state index in [4.69, 9.17) is 10.00 Å². The Morgan fingerprint density at radius 2 is 1.72 bits per heavy atom. The Kier molecular flexibility index (Phi) is 9.40. The van der Waals surface area contributed by atoms with Crippen molar-refractivity contribution in [2.75, 3.05) is 44.7 Å². The number of benzene rings is 2. The zero-order valence-corrected chi connectivity index (χ0v) is 23.0. The summed E-state index contributed by atoms with van der Waals surface area (Å²) in [6.07, 6.45) is 2.16. The summed E-state index contributed by atoms with van der Waals surface area (Å²) in [4.78, 5) is 31.1. The number of carbonyl (C=O) groups is 1. The molecule has 0 bridgehead atoms. The first-order valence-electron chi connectivity index (χ1n) is 13.5. The van der Waals surface area contributed by atoms with E-state index in [1.807, 2.05) is 44.2 Å². The Hall–Kier alpha value is -4.09.